The Labute approximate surface area is 107 Å². The topological polar surface area (TPSA) is 18.5 Å². The van der Waals surface area contributed by atoms with Gasteiger partial charge in [0, 0.05) is 44.3 Å². The number of fused-ring (bicyclic) bond motifs is 1. The van der Waals surface area contributed by atoms with Crippen LogP contribution in [0.2, 0.25) is 0 Å². The second kappa shape index (κ2) is 6.17. The zero-order valence-corrected chi connectivity index (χ0v) is 11.8. The molecule has 3 nitrogen and oxygen atoms in total. The van der Waals surface area contributed by atoms with Crippen LogP contribution in [-0.4, -0.2) is 60.6 Å². The Balaban J connectivity index is 1.82. The van der Waals surface area contributed by atoms with Gasteiger partial charge in [0.15, 0.2) is 0 Å². The van der Waals surface area contributed by atoms with E-state index in [1.807, 2.05) is 0 Å². The third-order valence-electron chi connectivity index (χ3n) is 4.37. The summed E-state index contributed by atoms with van der Waals surface area (Å²) in [7, 11) is 0. The maximum absolute atomic E-state index is 3.60. The van der Waals surface area contributed by atoms with Gasteiger partial charge in [-0.25, -0.2) is 0 Å². The molecule has 0 amide bonds. The first kappa shape index (κ1) is 13.3. The van der Waals surface area contributed by atoms with E-state index in [1.54, 1.807) is 0 Å². The number of piperazine rings is 1. The average Bonchev–Trinajstić information content (AvgIpc) is 2.76. The zero-order valence-electron chi connectivity index (χ0n) is 11.8. The van der Waals surface area contributed by atoms with Crippen molar-refractivity contribution in [3.05, 3.63) is 0 Å². The highest BCUT2D eigenvalue weighted by Crippen LogP contribution is 2.23. The van der Waals surface area contributed by atoms with Crippen LogP contribution < -0.4 is 5.32 Å². The maximum Gasteiger partial charge on any atom is 0.0224 e. The van der Waals surface area contributed by atoms with Gasteiger partial charge in [-0.2, -0.15) is 0 Å². The van der Waals surface area contributed by atoms with Gasteiger partial charge in [0.2, 0.25) is 0 Å². The van der Waals surface area contributed by atoms with Crippen LogP contribution in [0.3, 0.4) is 0 Å². The molecule has 0 aromatic carbocycles. The molecule has 17 heavy (non-hydrogen) atoms. The largest absolute Gasteiger partial charge is 0.313 e. The number of nitrogens with zero attached hydrogens (tertiary/aromatic N) is 2. The normalized spacial score (nSPS) is 28.6. The SMILES string of the molecule is CCC(CNC(C)C)N1CCN2CCCC2C1. The van der Waals surface area contributed by atoms with E-state index < -0.39 is 0 Å². The molecule has 2 heterocycles. The molecule has 0 aliphatic carbocycles. The number of hydrogen-bond acceptors (Lipinski definition) is 3. The van der Waals surface area contributed by atoms with Gasteiger partial charge in [-0.1, -0.05) is 20.8 Å². The van der Waals surface area contributed by atoms with E-state index in [2.05, 4.69) is 35.9 Å². The van der Waals surface area contributed by atoms with Crippen molar-refractivity contribution < 1.29 is 0 Å². The summed E-state index contributed by atoms with van der Waals surface area (Å²) in [5.41, 5.74) is 0. The Kier molecular flexibility index (Phi) is 4.83. The highest BCUT2D eigenvalue weighted by molar-refractivity contribution is 4.89. The summed E-state index contributed by atoms with van der Waals surface area (Å²) in [5.74, 6) is 0. The van der Waals surface area contributed by atoms with Gasteiger partial charge >= 0.3 is 0 Å². The fourth-order valence-corrected chi connectivity index (χ4v) is 3.25. The molecule has 0 saturated carbocycles. The van der Waals surface area contributed by atoms with E-state index in [0.29, 0.717) is 6.04 Å². The fraction of sp³-hybridized carbons (Fsp3) is 1.00. The Morgan fingerprint density at radius 3 is 2.76 bits per heavy atom. The van der Waals surface area contributed by atoms with E-state index in [9.17, 15) is 0 Å². The molecule has 2 unspecified atom stereocenters. The molecule has 2 aliphatic heterocycles. The van der Waals surface area contributed by atoms with Crippen LogP contribution in [0.25, 0.3) is 0 Å². The molecule has 3 heteroatoms. The Morgan fingerprint density at radius 1 is 1.24 bits per heavy atom. The van der Waals surface area contributed by atoms with Gasteiger partial charge in [-0.15, -0.1) is 0 Å². The van der Waals surface area contributed by atoms with Crippen molar-refractivity contribution in [1.82, 2.24) is 15.1 Å². The predicted molar refractivity (Wildman–Crippen MR) is 73.4 cm³/mol. The van der Waals surface area contributed by atoms with Crippen molar-refractivity contribution in [2.75, 3.05) is 32.7 Å². The van der Waals surface area contributed by atoms with Gasteiger partial charge < -0.3 is 5.32 Å². The smallest absolute Gasteiger partial charge is 0.0224 e. The summed E-state index contributed by atoms with van der Waals surface area (Å²) < 4.78 is 0. The molecule has 2 rings (SSSR count). The molecule has 1 N–H and O–H groups in total. The van der Waals surface area contributed by atoms with E-state index in [4.69, 9.17) is 0 Å². The second-order valence-electron chi connectivity index (χ2n) is 5.95. The average molecular weight is 239 g/mol. The van der Waals surface area contributed by atoms with Crippen molar-refractivity contribution >= 4 is 0 Å². The van der Waals surface area contributed by atoms with Crippen LogP contribution in [0.15, 0.2) is 0 Å². The van der Waals surface area contributed by atoms with Gasteiger partial charge in [-0.3, -0.25) is 9.80 Å². The summed E-state index contributed by atoms with van der Waals surface area (Å²) >= 11 is 0. The Morgan fingerprint density at radius 2 is 2.06 bits per heavy atom. The molecule has 2 aliphatic rings. The number of rotatable bonds is 5. The van der Waals surface area contributed by atoms with Crippen LogP contribution in [0, 0.1) is 0 Å². The minimum absolute atomic E-state index is 0.608. The first-order valence-corrected chi connectivity index (χ1v) is 7.42. The molecule has 2 atom stereocenters. The van der Waals surface area contributed by atoms with E-state index in [-0.39, 0.29) is 0 Å². The van der Waals surface area contributed by atoms with Gasteiger partial charge in [0.05, 0.1) is 0 Å². The molecule has 2 saturated heterocycles. The molecular weight excluding hydrogens is 210 g/mol. The predicted octanol–water partition coefficient (Wildman–Crippen LogP) is 1.54. The van der Waals surface area contributed by atoms with Gasteiger partial charge in [0.1, 0.15) is 0 Å². The summed E-state index contributed by atoms with van der Waals surface area (Å²) in [6, 6.07) is 2.20. The first-order chi connectivity index (χ1) is 8.20. The summed E-state index contributed by atoms with van der Waals surface area (Å²) in [6.45, 7) is 13.2. The Bertz CT molecular complexity index is 230. The summed E-state index contributed by atoms with van der Waals surface area (Å²) in [5, 5.41) is 3.60. The molecule has 0 aromatic rings. The second-order valence-corrected chi connectivity index (χ2v) is 5.95. The lowest BCUT2D eigenvalue weighted by molar-refractivity contribution is 0.0689. The van der Waals surface area contributed by atoms with Crippen LogP contribution in [0.1, 0.15) is 40.0 Å². The van der Waals surface area contributed by atoms with Crippen molar-refractivity contribution in [3.8, 4) is 0 Å². The third-order valence-corrected chi connectivity index (χ3v) is 4.37. The van der Waals surface area contributed by atoms with Gasteiger partial charge in [-0.05, 0) is 25.8 Å². The summed E-state index contributed by atoms with van der Waals surface area (Å²) in [4.78, 5) is 5.42. The van der Waals surface area contributed by atoms with Crippen molar-refractivity contribution in [3.63, 3.8) is 0 Å². The van der Waals surface area contributed by atoms with Crippen LogP contribution in [0.5, 0.6) is 0 Å². The third kappa shape index (κ3) is 3.43. The lowest BCUT2D eigenvalue weighted by atomic mass is 10.1. The Hall–Kier alpha value is -0.120. The highest BCUT2D eigenvalue weighted by Gasteiger charge is 2.32. The zero-order chi connectivity index (χ0) is 12.3. The molecule has 0 radical (unpaired) electrons. The molecule has 100 valence electrons. The van der Waals surface area contributed by atoms with E-state index >= 15 is 0 Å². The summed E-state index contributed by atoms with van der Waals surface area (Å²) in [6.07, 6.45) is 4.11. The molecule has 0 aromatic heterocycles. The highest BCUT2D eigenvalue weighted by atomic mass is 15.3. The standard InChI is InChI=1S/C14H29N3/c1-4-13(10-15-12(2)3)17-9-8-16-7-5-6-14(16)11-17/h12-15H,4-11H2,1-3H3. The van der Waals surface area contributed by atoms with Crippen LogP contribution in [0.4, 0.5) is 0 Å². The molecule has 0 bridgehead atoms. The van der Waals surface area contributed by atoms with Crippen molar-refractivity contribution in [2.45, 2.75) is 58.2 Å². The van der Waals surface area contributed by atoms with E-state index in [0.717, 1.165) is 18.6 Å². The number of nitrogens with one attached hydrogen (secondary N) is 1. The van der Waals surface area contributed by atoms with E-state index in [1.165, 1.54) is 45.4 Å². The fourth-order valence-electron chi connectivity index (χ4n) is 3.25. The molecular formula is C14H29N3. The molecule has 0 spiro atoms. The lowest BCUT2D eigenvalue weighted by Gasteiger charge is -2.41. The maximum atomic E-state index is 3.60. The molecule has 2 fully saturated rings. The van der Waals surface area contributed by atoms with Crippen LogP contribution >= 0.6 is 0 Å². The minimum atomic E-state index is 0.608. The van der Waals surface area contributed by atoms with Crippen LogP contribution in [-0.2, 0) is 0 Å². The van der Waals surface area contributed by atoms with Gasteiger partial charge in [0.25, 0.3) is 0 Å². The van der Waals surface area contributed by atoms with Crippen molar-refractivity contribution in [2.24, 2.45) is 0 Å². The monoisotopic (exact) mass is 239 g/mol. The quantitative estimate of drug-likeness (QED) is 0.785. The lowest BCUT2D eigenvalue weighted by Crippen LogP contribution is -2.55. The minimum Gasteiger partial charge on any atom is -0.313 e. The first-order valence-electron chi connectivity index (χ1n) is 7.42. The number of hydrogen-bond donors (Lipinski definition) is 1. The van der Waals surface area contributed by atoms with Crippen molar-refractivity contribution in [1.29, 1.82) is 0 Å².